The van der Waals surface area contributed by atoms with Crippen molar-refractivity contribution in [1.29, 1.82) is 0 Å². The Morgan fingerprint density at radius 2 is 1.89 bits per heavy atom. The second kappa shape index (κ2) is 8.08. The number of fused-ring (bicyclic) bond motifs is 1. The van der Waals surface area contributed by atoms with Crippen LogP contribution in [0.25, 0.3) is 17.1 Å². The average Bonchev–Trinajstić information content (AvgIpc) is 2.99. The van der Waals surface area contributed by atoms with Crippen LogP contribution < -0.4 is 4.74 Å². The van der Waals surface area contributed by atoms with Crippen molar-refractivity contribution in [2.75, 3.05) is 13.7 Å². The van der Waals surface area contributed by atoms with Crippen molar-refractivity contribution in [3.8, 4) is 5.75 Å². The van der Waals surface area contributed by atoms with Gasteiger partial charge in [-0.15, -0.1) is 0 Å². The second-order valence-corrected chi connectivity index (χ2v) is 7.89. The fourth-order valence-corrected chi connectivity index (χ4v) is 4.19. The number of aromatic nitrogens is 2. The SMILES string of the molecule is COc1ccc(CCN2C(=O)/C(=C\c3cnc4ccccc4n3)SC2=S)cc1. The summed E-state index contributed by atoms with van der Waals surface area (Å²) in [5.41, 5.74) is 3.39. The Morgan fingerprint density at radius 1 is 1.14 bits per heavy atom. The zero-order valence-electron chi connectivity index (χ0n) is 15.2. The number of thioether (sulfide) groups is 1. The molecule has 1 aliphatic rings. The van der Waals surface area contributed by atoms with Gasteiger partial charge in [-0.3, -0.25) is 14.7 Å². The molecule has 2 heterocycles. The molecule has 140 valence electrons. The van der Waals surface area contributed by atoms with Crippen molar-refractivity contribution in [2.24, 2.45) is 0 Å². The molecule has 0 radical (unpaired) electrons. The molecule has 0 spiro atoms. The Bertz CT molecular complexity index is 1080. The molecular formula is C21H17N3O2S2. The highest BCUT2D eigenvalue weighted by molar-refractivity contribution is 8.26. The number of methoxy groups -OCH3 is 1. The first-order chi connectivity index (χ1) is 13.6. The van der Waals surface area contributed by atoms with E-state index in [0.29, 0.717) is 21.5 Å². The summed E-state index contributed by atoms with van der Waals surface area (Å²) in [5, 5.41) is 0. The number of para-hydroxylation sites is 2. The number of carbonyl (C=O) groups excluding carboxylic acids is 1. The van der Waals surface area contributed by atoms with Gasteiger partial charge < -0.3 is 4.74 Å². The van der Waals surface area contributed by atoms with Gasteiger partial charge in [0.25, 0.3) is 5.91 Å². The third kappa shape index (κ3) is 3.90. The zero-order valence-corrected chi connectivity index (χ0v) is 16.8. The molecule has 3 aromatic rings. The summed E-state index contributed by atoms with van der Waals surface area (Å²) in [4.78, 5) is 24.0. The first-order valence-electron chi connectivity index (χ1n) is 8.74. The van der Waals surface area contributed by atoms with E-state index in [0.717, 1.165) is 28.8 Å². The van der Waals surface area contributed by atoms with Gasteiger partial charge in [-0.25, -0.2) is 4.98 Å². The Hall–Kier alpha value is -2.77. The fraction of sp³-hybridized carbons (Fsp3) is 0.143. The molecule has 1 fully saturated rings. The maximum absolute atomic E-state index is 12.8. The Labute approximate surface area is 172 Å². The number of carbonyl (C=O) groups is 1. The number of thiocarbonyl (C=S) groups is 1. The van der Waals surface area contributed by atoms with Crippen molar-refractivity contribution in [3.63, 3.8) is 0 Å². The summed E-state index contributed by atoms with van der Waals surface area (Å²) in [6.45, 7) is 0.539. The molecule has 0 N–H and O–H groups in total. The first kappa shape index (κ1) is 18.6. The first-order valence-corrected chi connectivity index (χ1v) is 9.96. The second-order valence-electron chi connectivity index (χ2n) is 6.22. The van der Waals surface area contributed by atoms with E-state index in [1.807, 2.05) is 48.5 Å². The van der Waals surface area contributed by atoms with E-state index in [4.69, 9.17) is 17.0 Å². The molecule has 1 amide bonds. The molecule has 1 aliphatic heterocycles. The van der Waals surface area contributed by atoms with Crippen LogP contribution in [0.2, 0.25) is 0 Å². The summed E-state index contributed by atoms with van der Waals surface area (Å²) in [6.07, 6.45) is 4.15. The molecule has 5 nitrogen and oxygen atoms in total. The fourth-order valence-electron chi connectivity index (χ4n) is 2.90. The highest BCUT2D eigenvalue weighted by atomic mass is 32.2. The number of ether oxygens (including phenoxy) is 1. The number of hydrogen-bond donors (Lipinski definition) is 0. The van der Waals surface area contributed by atoms with Gasteiger partial charge in [0, 0.05) is 6.54 Å². The maximum Gasteiger partial charge on any atom is 0.266 e. The minimum atomic E-state index is -0.0847. The predicted molar refractivity (Wildman–Crippen MR) is 116 cm³/mol. The third-order valence-electron chi connectivity index (χ3n) is 4.40. The van der Waals surface area contributed by atoms with Crippen LogP contribution in [0.4, 0.5) is 0 Å². The third-order valence-corrected chi connectivity index (χ3v) is 5.78. The minimum absolute atomic E-state index is 0.0847. The van der Waals surface area contributed by atoms with Gasteiger partial charge in [0.1, 0.15) is 10.1 Å². The van der Waals surface area contributed by atoms with Crippen LogP contribution in [0, 0.1) is 0 Å². The van der Waals surface area contributed by atoms with Crippen molar-refractivity contribution in [2.45, 2.75) is 6.42 Å². The van der Waals surface area contributed by atoms with Gasteiger partial charge in [-0.1, -0.05) is 48.2 Å². The lowest BCUT2D eigenvalue weighted by atomic mass is 10.1. The van der Waals surface area contributed by atoms with E-state index < -0.39 is 0 Å². The number of rotatable bonds is 5. The van der Waals surface area contributed by atoms with Gasteiger partial charge in [0.15, 0.2) is 0 Å². The normalized spacial score (nSPS) is 15.6. The molecule has 0 atom stereocenters. The van der Waals surface area contributed by atoms with Gasteiger partial charge in [0.05, 0.1) is 34.9 Å². The molecular weight excluding hydrogens is 390 g/mol. The van der Waals surface area contributed by atoms with E-state index in [-0.39, 0.29) is 5.91 Å². The van der Waals surface area contributed by atoms with E-state index >= 15 is 0 Å². The summed E-state index contributed by atoms with van der Waals surface area (Å²) < 4.78 is 5.74. The highest BCUT2D eigenvalue weighted by Gasteiger charge is 2.31. The van der Waals surface area contributed by atoms with Gasteiger partial charge in [0.2, 0.25) is 0 Å². The predicted octanol–water partition coefficient (Wildman–Crippen LogP) is 4.08. The lowest BCUT2D eigenvalue weighted by molar-refractivity contribution is -0.122. The average molecular weight is 408 g/mol. The largest absolute Gasteiger partial charge is 0.497 e. The molecule has 1 saturated heterocycles. The maximum atomic E-state index is 12.8. The lowest BCUT2D eigenvalue weighted by Gasteiger charge is -2.14. The summed E-state index contributed by atoms with van der Waals surface area (Å²) in [5.74, 6) is 0.729. The monoisotopic (exact) mass is 407 g/mol. The standard InChI is InChI=1S/C21H17N3O2S2/c1-26-16-8-6-14(7-9-16)10-11-24-20(25)19(28-21(24)27)12-15-13-22-17-4-2-3-5-18(17)23-15/h2-9,12-13H,10-11H2,1H3/b19-12+. The number of nitrogens with zero attached hydrogens (tertiary/aromatic N) is 3. The van der Waals surface area contributed by atoms with E-state index in [9.17, 15) is 4.79 Å². The van der Waals surface area contributed by atoms with Crippen LogP contribution in [0.15, 0.2) is 59.6 Å². The smallest absolute Gasteiger partial charge is 0.266 e. The van der Waals surface area contributed by atoms with Crippen LogP contribution in [0.5, 0.6) is 5.75 Å². The van der Waals surface area contributed by atoms with Crippen LogP contribution in [0.1, 0.15) is 11.3 Å². The summed E-state index contributed by atoms with van der Waals surface area (Å²) >= 11 is 6.72. The Balaban J connectivity index is 1.48. The molecule has 28 heavy (non-hydrogen) atoms. The molecule has 2 aromatic carbocycles. The number of benzene rings is 2. The van der Waals surface area contributed by atoms with E-state index in [2.05, 4.69) is 9.97 Å². The summed E-state index contributed by atoms with van der Waals surface area (Å²) in [7, 11) is 1.64. The zero-order chi connectivity index (χ0) is 19.5. The summed E-state index contributed by atoms with van der Waals surface area (Å²) in [6, 6.07) is 15.5. The highest BCUT2D eigenvalue weighted by Crippen LogP contribution is 2.32. The molecule has 7 heteroatoms. The van der Waals surface area contributed by atoms with Crippen LogP contribution in [-0.2, 0) is 11.2 Å². The molecule has 1 aromatic heterocycles. The van der Waals surface area contributed by atoms with Crippen LogP contribution in [-0.4, -0.2) is 38.8 Å². The minimum Gasteiger partial charge on any atom is -0.497 e. The topological polar surface area (TPSA) is 55.3 Å². The Kier molecular flexibility index (Phi) is 5.36. The molecule has 0 bridgehead atoms. The molecule has 0 unspecified atom stereocenters. The van der Waals surface area contributed by atoms with E-state index in [1.165, 1.54) is 11.8 Å². The van der Waals surface area contributed by atoms with Crippen molar-refractivity contribution in [1.82, 2.24) is 14.9 Å². The quantitative estimate of drug-likeness (QED) is 0.469. The van der Waals surface area contributed by atoms with Gasteiger partial charge >= 0.3 is 0 Å². The number of hydrogen-bond acceptors (Lipinski definition) is 6. The molecule has 0 saturated carbocycles. The van der Waals surface area contributed by atoms with Crippen LogP contribution >= 0.6 is 24.0 Å². The lowest BCUT2D eigenvalue weighted by Crippen LogP contribution is -2.30. The van der Waals surface area contributed by atoms with Gasteiger partial charge in [-0.05, 0) is 42.3 Å². The van der Waals surface area contributed by atoms with Crippen molar-refractivity contribution in [3.05, 3.63) is 70.9 Å². The van der Waals surface area contributed by atoms with E-state index in [1.54, 1.807) is 24.3 Å². The van der Waals surface area contributed by atoms with Crippen molar-refractivity contribution >= 4 is 51.3 Å². The molecule has 4 rings (SSSR count). The Morgan fingerprint density at radius 3 is 2.64 bits per heavy atom. The molecule has 0 aliphatic carbocycles. The van der Waals surface area contributed by atoms with Crippen LogP contribution in [0.3, 0.4) is 0 Å². The number of amides is 1. The van der Waals surface area contributed by atoms with Crippen molar-refractivity contribution < 1.29 is 9.53 Å². The van der Waals surface area contributed by atoms with Gasteiger partial charge in [-0.2, -0.15) is 0 Å².